The zero-order chi connectivity index (χ0) is 16.4. The number of carbonyl (C=O) groups is 1. The number of aromatic nitrogens is 1. The Bertz CT molecular complexity index is 714. The molecule has 24 heavy (non-hydrogen) atoms. The molecule has 130 valence electrons. The first-order valence-corrected chi connectivity index (χ1v) is 7.96. The molecule has 1 aliphatic rings. The molecule has 1 aromatic carbocycles. The average Bonchev–Trinajstić information content (AvgIpc) is 3.18. The van der Waals surface area contributed by atoms with Crippen molar-refractivity contribution in [3.63, 3.8) is 0 Å². The Labute approximate surface area is 146 Å². The smallest absolute Gasteiger partial charge is 0.316 e. The topological polar surface area (TPSA) is 54.0 Å². The maximum atomic E-state index is 12.8. The number of rotatable bonds is 3. The van der Waals surface area contributed by atoms with E-state index in [1.807, 2.05) is 0 Å². The van der Waals surface area contributed by atoms with Crippen LogP contribution in [0.1, 0.15) is 12.0 Å². The van der Waals surface area contributed by atoms with E-state index in [0.717, 1.165) is 25.1 Å². The van der Waals surface area contributed by atoms with Crippen molar-refractivity contribution in [3.8, 4) is 11.3 Å². The minimum atomic E-state index is -4.39. The van der Waals surface area contributed by atoms with Crippen molar-refractivity contribution in [2.24, 2.45) is 5.92 Å². The van der Waals surface area contributed by atoms with E-state index in [1.165, 1.54) is 17.4 Å². The van der Waals surface area contributed by atoms with E-state index in [1.54, 1.807) is 11.4 Å². The first kappa shape index (κ1) is 18.7. The Morgan fingerprint density at radius 3 is 2.83 bits per heavy atom. The third-order valence-electron chi connectivity index (χ3n) is 3.65. The number of nitrogens with one attached hydrogen (secondary N) is 2. The molecule has 0 aliphatic carbocycles. The van der Waals surface area contributed by atoms with Crippen molar-refractivity contribution in [2.75, 3.05) is 18.4 Å². The summed E-state index contributed by atoms with van der Waals surface area (Å²) < 4.78 is 38.3. The van der Waals surface area contributed by atoms with Crippen LogP contribution in [0.25, 0.3) is 11.3 Å². The number of carbonyl (C=O) groups excluding carboxylic acids is 1. The highest BCUT2D eigenvalue weighted by molar-refractivity contribution is 7.14. The van der Waals surface area contributed by atoms with Crippen molar-refractivity contribution < 1.29 is 18.0 Å². The second-order valence-electron chi connectivity index (χ2n) is 5.30. The third-order valence-corrected chi connectivity index (χ3v) is 4.41. The molecule has 9 heteroatoms. The van der Waals surface area contributed by atoms with Crippen LogP contribution in [-0.4, -0.2) is 24.0 Å². The summed E-state index contributed by atoms with van der Waals surface area (Å²) in [6.45, 7) is 1.45. The molecule has 4 nitrogen and oxygen atoms in total. The van der Waals surface area contributed by atoms with Crippen molar-refractivity contribution in [2.45, 2.75) is 12.6 Å². The maximum Gasteiger partial charge on any atom is 0.416 e. The number of benzene rings is 1. The number of thiazole rings is 1. The van der Waals surface area contributed by atoms with Gasteiger partial charge in [0.25, 0.3) is 0 Å². The second kappa shape index (κ2) is 7.50. The first-order chi connectivity index (χ1) is 10.9. The lowest BCUT2D eigenvalue weighted by Crippen LogP contribution is -2.24. The van der Waals surface area contributed by atoms with Gasteiger partial charge in [0.05, 0.1) is 17.2 Å². The fraction of sp³-hybridized carbons (Fsp3) is 0.333. The van der Waals surface area contributed by atoms with Gasteiger partial charge < -0.3 is 10.6 Å². The molecule has 1 unspecified atom stereocenters. The molecule has 1 aliphatic heterocycles. The second-order valence-corrected chi connectivity index (χ2v) is 6.15. The van der Waals surface area contributed by atoms with Crippen LogP contribution < -0.4 is 10.6 Å². The molecule has 0 saturated carbocycles. The minimum absolute atomic E-state index is 0. The van der Waals surface area contributed by atoms with E-state index in [0.29, 0.717) is 22.9 Å². The molecule has 1 aromatic heterocycles. The van der Waals surface area contributed by atoms with Crippen LogP contribution in [-0.2, 0) is 11.0 Å². The van der Waals surface area contributed by atoms with E-state index in [-0.39, 0.29) is 24.2 Å². The largest absolute Gasteiger partial charge is 0.416 e. The lowest BCUT2D eigenvalue weighted by atomic mass is 10.1. The van der Waals surface area contributed by atoms with E-state index in [9.17, 15) is 18.0 Å². The SMILES string of the molecule is Cl.O=C(Nc1nc(-c2cccc(C(F)(F)F)c2)cs1)C1CCNC1. The Morgan fingerprint density at radius 2 is 2.17 bits per heavy atom. The predicted octanol–water partition coefficient (Wildman–Crippen LogP) is 3.80. The van der Waals surface area contributed by atoms with Gasteiger partial charge in [-0.1, -0.05) is 12.1 Å². The summed E-state index contributed by atoms with van der Waals surface area (Å²) in [5.41, 5.74) is 0.0747. The zero-order valence-corrected chi connectivity index (χ0v) is 14.0. The van der Waals surface area contributed by atoms with Gasteiger partial charge in [0, 0.05) is 17.5 Å². The van der Waals surface area contributed by atoms with Crippen molar-refractivity contribution in [1.29, 1.82) is 0 Å². The fourth-order valence-electron chi connectivity index (χ4n) is 2.40. The number of hydrogen-bond acceptors (Lipinski definition) is 4. The summed E-state index contributed by atoms with van der Waals surface area (Å²) in [5.74, 6) is -0.198. The molecule has 1 atom stereocenters. The molecule has 1 saturated heterocycles. The highest BCUT2D eigenvalue weighted by Crippen LogP contribution is 2.33. The maximum absolute atomic E-state index is 12.8. The Balaban J connectivity index is 0.00000208. The molecule has 2 aromatic rings. The Kier molecular flexibility index (Phi) is 5.84. The molecule has 2 heterocycles. The van der Waals surface area contributed by atoms with Crippen LogP contribution in [0.5, 0.6) is 0 Å². The van der Waals surface area contributed by atoms with E-state index >= 15 is 0 Å². The number of anilines is 1. The van der Waals surface area contributed by atoms with Crippen molar-refractivity contribution in [1.82, 2.24) is 10.3 Å². The average molecular weight is 378 g/mol. The van der Waals surface area contributed by atoms with Crippen LogP contribution in [0.3, 0.4) is 0 Å². The minimum Gasteiger partial charge on any atom is -0.316 e. The van der Waals surface area contributed by atoms with Gasteiger partial charge in [-0.3, -0.25) is 4.79 Å². The lowest BCUT2D eigenvalue weighted by Gasteiger charge is -2.08. The highest BCUT2D eigenvalue weighted by atomic mass is 35.5. The number of nitrogens with zero attached hydrogens (tertiary/aromatic N) is 1. The third kappa shape index (κ3) is 4.25. The van der Waals surface area contributed by atoms with Crippen LogP contribution in [0.4, 0.5) is 18.3 Å². The van der Waals surface area contributed by atoms with Crippen LogP contribution in [0, 0.1) is 5.92 Å². The van der Waals surface area contributed by atoms with Gasteiger partial charge in [0.2, 0.25) is 5.91 Å². The van der Waals surface area contributed by atoms with Gasteiger partial charge in [0.1, 0.15) is 0 Å². The highest BCUT2D eigenvalue weighted by Gasteiger charge is 2.30. The summed E-state index contributed by atoms with van der Waals surface area (Å²) in [6, 6.07) is 4.99. The summed E-state index contributed by atoms with van der Waals surface area (Å²) in [6.07, 6.45) is -3.61. The normalized spacial score (nSPS) is 17.4. The van der Waals surface area contributed by atoms with Gasteiger partial charge in [-0.15, -0.1) is 23.7 Å². The molecule has 3 rings (SSSR count). The van der Waals surface area contributed by atoms with Gasteiger partial charge in [-0.25, -0.2) is 4.98 Å². The standard InChI is InChI=1S/C15H14F3N3OS.ClH/c16-15(17,18)11-3-1-2-9(6-11)12-8-23-14(20-12)21-13(22)10-4-5-19-7-10;/h1-3,6,8,10,19H,4-5,7H2,(H,20,21,22);1H. The van der Waals surface area contributed by atoms with Gasteiger partial charge >= 0.3 is 6.18 Å². The van der Waals surface area contributed by atoms with Gasteiger partial charge in [-0.05, 0) is 25.1 Å². The molecule has 0 radical (unpaired) electrons. The predicted molar refractivity (Wildman–Crippen MR) is 89.4 cm³/mol. The first-order valence-electron chi connectivity index (χ1n) is 7.08. The van der Waals surface area contributed by atoms with Gasteiger partial charge in [-0.2, -0.15) is 13.2 Å². The summed E-state index contributed by atoms with van der Waals surface area (Å²) in [4.78, 5) is 16.2. The fourth-order valence-corrected chi connectivity index (χ4v) is 3.13. The quantitative estimate of drug-likeness (QED) is 0.855. The molecular formula is C15H15ClF3N3OS. The Morgan fingerprint density at radius 1 is 1.38 bits per heavy atom. The van der Waals surface area contributed by atoms with E-state index in [2.05, 4.69) is 15.6 Å². The van der Waals surface area contributed by atoms with E-state index in [4.69, 9.17) is 0 Å². The molecule has 0 bridgehead atoms. The molecular weight excluding hydrogens is 363 g/mol. The molecule has 0 spiro atoms. The lowest BCUT2D eigenvalue weighted by molar-refractivity contribution is -0.137. The van der Waals surface area contributed by atoms with Crippen molar-refractivity contribution in [3.05, 3.63) is 35.2 Å². The number of hydrogen-bond donors (Lipinski definition) is 2. The van der Waals surface area contributed by atoms with Crippen LogP contribution in [0.2, 0.25) is 0 Å². The van der Waals surface area contributed by atoms with Crippen LogP contribution in [0.15, 0.2) is 29.6 Å². The molecule has 1 amide bonds. The monoisotopic (exact) mass is 377 g/mol. The summed E-state index contributed by atoms with van der Waals surface area (Å²) >= 11 is 1.20. The number of alkyl halides is 3. The molecule has 1 fully saturated rings. The summed E-state index contributed by atoms with van der Waals surface area (Å²) in [5, 5.41) is 7.87. The zero-order valence-electron chi connectivity index (χ0n) is 12.4. The molecule has 2 N–H and O–H groups in total. The van der Waals surface area contributed by atoms with Crippen LogP contribution >= 0.6 is 23.7 Å². The van der Waals surface area contributed by atoms with Crippen molar-refractivity contribution >= 4 is 34.8 Å². The Hall–Kier alpha value is -1.64. The number of halogens is 4. The summed E-state index contributed by atoms with van der Waals surface area (Å²) in [7, 11) is 0. The number of amides is 1. The van der Waals surface area contributed by atoms with Gasteiger partial charge in [0.15, 0.2) is 5.13 Å². The van der Waals surface area contributed by atoms with E-state index < -0.39 is 11.7 Å².